The van der Waals surface area contributed by atoms with Crippen molar-refractivity contribution in [3.63, 3.8) is 0 Å². The second-order valence-corrected chi connectivity index (χ2v) is 7.57. The highest BCUT2D eigenvalue weighted by atomic mass is 35.5. The van der Waals surface area contributed by atoms with E-state index in [1.807, 2.05) is 52.8 Å². The number of halogens is 1. The normalized spacial score (nSPS) is 21.7. The van der Waals surface area contributed by atoms with E-state index in [0.29, 0.717) is 10.6 Å². The first-order chi connectivity index (χ1) is 11.1. The molecule has 0 radical (unpaired) electrons. The van der Waals surface area contributed by atoms with E-state index >= 15 is 0 Å². The monoisotopic (exact) mass is 351 g/mol. The fourth-order valence-corrected chi connectivity index (χ4v) is 4.04. The molecule has 0 spiro atoms. The SMILES string of the molecule is CC(C)NC(C)(NC(C)C)C1(c2ccccc2Cl)CC(=O)NC1=O. The molecule has 1 unspecified atom stereocenters. The summed E-state index contributed by atoms with van der Waals surface area (Å²) >= 11 is 6.44. The number of nitrogens with one attached hydrogen (secondary N) is 3. The minimum Gasteiger partial charge on any atom is -0.296 e. The molecule has 1 aromatic rings. The van der Waals surface area contributed by atoms with Gasteiger partial charge in [0.15, 0.2) is 0 Å². The van der Waals surface area contributed by atoms with Gasteiger partial charge in [-0.1, -0.05) is 29.8 Å². The summed E-state index contributed by atoms with van der Waals surface area (Å²) in [4.78, 5) is 25.1. The van der Waals surface area contributed by atoms with Gasteiger partial charge in [-0.25, -0.2) is 0 Å². The van der Waals surface area contributed by atoms with Gasteiger partial charge < -0.3 is 0 Å². The smallest absolute Gasteiger partial charge is 0.241 e. The van der Waals surface area contributed by atoms with E-state index in [9.17, 15) is 9.59 Å². The molecule has 0 saturated carbocycles. The van der Waals surface area contributed by atoms with E-state index < -0.39 is 11.1 Å². The van der Waals surface area contributed by atoms with Gasteiger partial charge in [-0.05, 0) is 46.2 Å². The van der Waals surface area contributed by atoms with Crippen LogP contribution in [0, 0.1) is 0 Å². The summed E-state index contributed by atoms with van der Waals surface area (Å²) in [5, 5.41) is 9.87. The molecule has 2 rings (SSSR count). The standard InChI is InChI=1S/C18H26ClN3O2/c1-11(2)21-17(5,22-12(3)4)18(10-15(23)20-16(18)24)13-8-6-7-9-14(13)19/h6-9,11-12,21-22H,10H2,1-5H3,(H,20,23,24). The predicted molar refractivity (Wildman–Crippen MR) is 95.8 cm³/mol. The number of amides is 2. The largest absolute Gasteiger partial charge is 0.296 e. The van der Waals surface area contributed by atoms with E-state index in [1.165, 1.54) is 0 Å². The molecule has 6 heteroatoms. The zero-order valence-electron chi connectivity index (χ0n) is 14.9. The lowest BCUT2D eigenvalue weighted by Crippen LogP contribution is -2.72. The number of rotatable bonds is 6. The third-order valence-corrected chi connectivity index (χ3v) is 4.74. The Labute approximate surface area is 148 Å². The Morgan fingerprint density at radius 2 is 1.67 bits per heavy atom. The molecule has 2 amide bonds. The average molecular weight is 352 g/mol. The van der Waals surface area contributed by atoms with Gasteiger partial charge in [0.05, 0.1) is 5.66 Å². The molecule has 1 atom stereocenters. The van der Waals surface area contributed by atoms with Crippen molar-refractivity contribution in [2.24, 2.45) is 0 Å². The maximum atomic E-state index is 13.0. The number of carbonyl (C=O) groups excluding carboxylic acids is 2. The van der Waals surface area contributed by atoms with Crippen molar-refractivity contribution in [3.05, 3.63) is 34.9 Å². The van der Waals surface area contributed by atoms with E-state index in [2.05, 4.69) is 16.0 Å². The Kier molecular flexibility index (Phi) is 5.37. The molecule has 5 nitrogen and oxygen atoms in total. The van der Waals surface area contributed by atoms with Crippen molar-refractivity contribution in [3.8, 4) is 0 Å². The Morgan fingerprint density at radius 3 is 2.08 bits per heavy atom. The average Bonchev–Trinajstić information content (AvgIpc) is 2.73. The first-order valence-electron chi connectivity index (χ1n) is 8.27. The lowest BCUT2D eigenvalue weighted by Gasteiger charge is -2.48. The summed E-state index contributed by atoms with van der Waals surface area (Å²) < 4.78 is 0. The fourth-order valence-electron chi connectivity index (χ4n) is 3.74. The lowest BCUT2D eigenvalue weighted by molar-refractivity contribution is -0.128. The fraction of sp³-hybridized carbons (Fsp3) is 0.556. The van der Waals surface area contributed by atoms with Crippen molar-refractivity contribution in [1.82, 2.24) is 16.0 Å². The van der Waals surface area contributed by atoms with Gasteiger partial charge >= 0.3 is 0 Å². The minimum atomic E-state index is -1.13. The topological polar surface area (TPSA) is 70.2 Å². The van der Waals surface area contributed by atoms with Crippen LogP contribution < -0.4 is 16.0 Å². The summed E-state index contributed by atoms with van der Waals surface area (Å²) in [6.07, 6.45) is 0.0471. The van der Waals surface area contributed by atoms with Crippen LogP contribution in [0.1, 0.15) is 46.6 Å². The summed E-state index contributed by atoms with van der Waals surface area (Å²) in [5.41, 5.74) is -1.33. The number of hydrogen-bond acceptors (Lipinski definition) is 4. The quantitative estimate of drug-likeness (QED) is 0.543. The zero-order chi connectivity index (χ0) is 18.1. The summed E-state index contributed by atoms with van der Waals surface area (Å²) in [6, 6.07) is 7.43. The van der Waals surface area contributed by atoms with Crippen LogP contribution in [-0.2, 0) is 15.0 Å². The summed E-state index contributed by atoms with van der Waals surface area (Å²) in [6.45, 7) is 9.96. The van der Waals surface area contributed by atoms with Crippen molar-refractivity contribution in [2.75, 3.05) is 0 Å². The molecule has 0 bridgehead atoms. The number of carbonyl (C=O) groups is 2. The zero-order valence-corrected chi connectivity index (χ0v) is 15.6. The number of imide groups is 1. The molecule has 1 aliphatic heterocycles. The van der Waals surface area contributed by atoms with Gasteiger partial charge in [0.1, 0.15) is 5.41 Å². The molecule has 1 saturated heterocycles. The van der Waals surface area contributed by atoms with E-state index in [-0.39, 0.29) is 30.3 Å². The molecule has 1 fully saturated rings. The van der Waals surface area contributed by atoms with Gasteiger partial charge in [0.2, 0.25) is 11.8 Å². The van der Waals surface area contributed by atoms with Crippen molar-refractivity contribution in [2.45, 2.75) is 64.2 Å². The van der Waals surface area contributed by atoms with Crippen LogP contribution >= 0.6 is 11.6 Å². The van der Waals surface area contributed by atoms with Crippen molar-refractivity contribution in [1.29, 1.82) is 0 Å². The lowest BCUT2D eigenvalue weighted by atomic mass is 9.68. The Hall–Kier alpha value is -1.43. The number of hydrogen-bond donors (Lipinski definition) is 3. The van der Waals surface area contributed by atoms with Crippen molar-refractivity contribution < 1.29 is 9.59 Å². The van der Waals surface area contributed by atoms with Gasteiger partial charge in [0, 0.05) is 23.5 Å². The summed E-state index contributed by atoms with van der Waals surface area (Å²) in [7, 11) is 0. The highest BCUT2D eigenvalue weighted by molar-refractivity contribution is 6.32. The molecule has 1 heterocycles. The molecule has 0 aromatic heterocycles. The molecule has 24 heavy (non-hydrogen) atoms. The van der Waals surface area contributed by atoms with E-state index in [4.69, 9.17) is 11.6 Å². The van der Waals surface area contributed by atoms with Gasteiger partial charge in [-0.3, -0.25) is 25.5 Å². The van der Waals surface area contributed by atoms with Crippen molar-refractivity contribution >= 4 is 23.4 Å². The maximum absolute atomic E-state index is 13.0. The summed E-state index contributed by atoms with van der Waals surface area (Å²) in [5.74, 6) is -0.619. The van der Waals surface area contributed by atoms with Crippen LogP contribution in [0.3, 0.4) is 0 Å². The highest BCUT2D eigenvalue weighted by Crippen LogP contribution is 2.44. The highest BCUT2D eigenvalue weighted by Gasteiger charge is 2.60. The van der Waals surface area contributed by atoms with Crippen LogP contribution in [0.15, 0.2) is 24.3 Å². The number of benzene rings is 1. The molecule has 1 aliphatic rings. The second kappa shape index (κ2) is 6.82. The van der Waals surface area contributed by atoms with Gasteiger partial charge in [-0.15, -0.1) is 0 Å². The Balaban J connectivity index is 2.71. The maximum Gasteiger partial charge on any atom is 0.241 e. The van der Waals surface area contributed by atoms with Gasteiger partial charge in [0.25, 0.3) is 0 Å². The Bertz CT molecular complexity index is 635. The van der Waals surface area contributed by atoms with E-state index in [1.54, 1.807) is 6.07 Å². The molecular formula is C18H26ClN3O2. The third-order valence-electron chi connectivity index (χ3n) is 4.41. The Morgan fingerprint density at radius 1 is 1.12 bits per heavy atom. The van der Waals surface area contributed by atoms with Crippen LogP contribution in [0.25, 0.3) is 0 Å². The molecule has 3 N–H and O–H groups in total. The molecular weight excluding hydrogens is 326 g/mol. The molecule has 1 aromatic carbocycles. The molecule has 132 valence electrons. The molecule has 0 aliphatic carbocycles. The first-order valence-corrected chi connectivity index (χ1v) is 8.65. The van der Waals surface area contributed by atoms with E-state index in [0.717, 1.165) is 0 Å². The van der Waals surface area contributed by atoms with Crippen LogP contribution in [0.4, 0.5) is 0 Å². The minimum absolute atomic E-state index is 0.0471. The third kappa shape index (κ3) is 3.21. The first kappa shape index (κ1) is 18.9. The van der Waals surface area contributed by atoms with Crippen LogP contribution in [0.2, 0.25) is 5.02 Å². The predicted octanol–water partition coefficient (Wildman–Crippen LogP) is 2.34. The van der Waals surface area contributed by atoms with Gasteiger partial charge in [-0.2, -0.15) is 0 Å². The van der Waals surface area contributed by atoms with Crippen LogP contribution in [0.5, 0.6) is 0 Å². The van der Waals surface area contributed by atoms with Crippen LogP contribution in [-0.4, -0.2) is 29.6 Å². The second-order valence-electron chi connectivity index (χ2n) is 7.16.